The number of likely N-dealkylation sites (tertiary alicyclic amines) is 1. The molecular weight excluding hydrogens is 288 g/mol. The molecule has 1 unspecified atom stereocenters. The number of nitrogen functional groups attached to an aromatic ring is 1. The number of benzene rings is 1. The van der Waals surface area contributed by atoms with E-state index in [1.54, 1.807) is 16.9 Å². The van der Waals surface area contributed by atoms with Gasteiger partial charge in [0.1, 0.15) is 12.4 Å². The molecule has 5 nitrogen and oxygen atoms in total. The fraction of sp³-hybridized carbons (Fsp3) is 0.333. The SMILES string of the molecule is Nc1ccn(CC(=O)N2CCCC2c2ccccc2Cl)n1. The molecule has 3 rings (SSSR count). The quantitative estimate of drug-likeness (QED) is 0.947. The van der Waals surface area contributed by atoms with Crippen LogP contribution in [0, 0.1) is 0 Å². The van der Waals surface area contributed by atoms with Crippen molar-refractivity contribution < 1.29 is 4.79 Å². The van der Waals surface area contributed by atoms with E-state index >= 15 is 0 Å². The monoisotopic (exact) mass is 304 g/mol. The van der Waals surface area contributed by atoms with Gasteiger partial charge in [-0.05, 0) is 30.5 Å². The Morgan fingerprint density at radius 2 is 2.19 bits per heavy atom. The Kier molecular flexibility index (Phi) is 3.84. The molecule has 0 radical (unpaired) electrons. The first-order valence-corrected chi connectivity index (χ1v) is 7.36. The van der Waals surface area contributed by atoms with Gasteiger partial charge >= 0.3 is 0 Å². The smallest absolute Gasteiger partial charge is 0.244 e. The molecule has 0 aliphatic carbocycles. The second-order valence-corrected chi connectivity index (χ2v) is 5.61. The summed E-state index contributed by atoms with van der Waals surface area (Å²) < 4.78 is 1.57. The lowest BCUT2D eigenvalue weighted by Gasteiger charge is -2.25. The molecule has 0 saturated carbocycles. The molecule has 0 spiro atoms. The van der Waals surface area contributed by atoms with E-state index in [0.717, 1.165) is 24.9 Å². The number of anilines is 1. The highest BCUT2D eigenvalue weighted by Gasteiger charge is 2.31. The number of carbonyl (C=O) groups is 1. The van der Waals surface area contributed by atoms with Crippen molar-refractivity contribution in [2.24, 2.45) is 0 Å². The average molecular weight is 305 g/mol. The van der Waals surface area contributed by atoms with Crippen molar-refractivity contribution in [3.8, 4) is 0 Å². The number of rotatable bonds is 3. The largest absolute Gasteiger partial charge is 0.382 e. The number of carbonyl (C=O) groups excluding carboxylic acids is 1. The molecule has 0 bridgehead atoms. The minimum absolute atomic E-state index is 0.0421. The second kappa shape index (κ2) is 5.77. The van der Waals surface area contributed by atoms with Crippen LogP contribution in [0.1, 0.15) is 24.4 Å². The Bertz CT molecular complexity index is 655. The fourth-order valence-corrected chi connectivity index (χ4v) is 3.09. The molecular formula is C15H17ClN4O. The Morgan fingerprint density at radius 1 is 1.38 bits per heavy atom. The molecule has 1 aromatic carbocycles. The van der Waals surface area contributed by atoms with Crippen LogP contribution in [0.2, 0.25) is 5.02 Å². The van der Waals surface area contributed by atoms with Crippen molar-refractivity contribution in [1.82, 2.24) is 14.7 Å². The number of amides is 1. The molecule has 1 aliphatic rings. The van der Waals surface area contributed by atoms with Gasteiger partial charge in [0.05, 0.1) is 6.04 Å². The van der Waals surface area contributed by atoms with E-state index in [1.807, 2.05) is 29.2 Å². The number of nitrogens with two attached hydrogens (primary N) is 1. The maximum absolute atomic E-state index is 12.5. The van der Waals surface area contributed by atoms with Crippen molar-refractivity contribution in [2.75, 3.05) is 12.3 Å². The molecule has 1 atom stereocenters. The molecule has 2 aromatic rings. The van der Waals surface area contributed by atoms with Crippen LogP contribution in [0.15, 0.2) is 36.5 Å². The zero-order valence-corrected chi connectivity index (χ0v) is 12.3. The summed E-state index contributed by atoms with van der Waals surface area (Å²) in [5, 5.41) is 4.77. The molecule has 2 heterocycles. The fourth-order valence-electron chi connectivity index (χ4n) is 2.83. The lowest BCUT2D eigenvalue weighted by atomic mass is 10.0. The number of hydrogen-bond donors (Lipinski definition) is 1. The van der Waals surface area contributed by atoms with Gasteiger partial charge in [0, 0.05) is 17.8 Å². The van der Waals surface area contributed by atoms with Gasteiger partial charge in [-0.2, -0.15) is 5.10 Å². The molecule has 1 saturated heterocycles. The second-order valence-electron chi connectivity index (χ2n) is 5.20. The highest BCUT2D eigenvalue weighted by atomic mass is 35.5. The topological polar surface area (TPSA) is 64.2 Å². The summed E-state index contributed by atoms with van der Waals surface area (Å²) >= 11 is 6.27. The lowest BCUT2D eigenvalue weighted by molar-refractivity contribution is -0.133. The van der Waals surface area contributed by atoms with E-state index in [2.05, 4.69) is 5.10 Å². The van der Waals surface area contributed by atoms with E-state index in [-0.39, 0.29) is 18.5 Å². The highest BCUT2D eigenvalue weighted by molar-refractivity contribution is 6.31. The van der Waals surface area contributed by atoms with Gasteiger partial charge in [-0.15, -0.1) is 0 Å². The van der Waals surface area contributed by atoms with E-state index < -0.39 is 0 Å². The summed E-state index contributed by atoms with van der Waals surface area (Å²) in [5.41, 5.74) is 6.59. The molecule has 1 aliphatic heterocycles. The predicted octanol–water partition coefficient (Wildman–Crippen LogP) is 2.48. The summed E-state index contributed by atoms with van der Waals surface area (Å²) in [6.07, 6.45) is 3.65. The Morgan fingerprint density at radius 3 is 2.90 bits per heavy atom. The maximum atomic E-state index is 12.5. The summed E-state index contributed by atoms with van der Waals surface area (Å²) in [4.78, 5) is 14.4. The minimum Gasteiger partial charge on any atom is -0.382 e. The first kappa shape index (κ1) is 13.9. The number of hydrogen-bond acceptors (Lipinski definition) is 3. The summed E-state index contributed by atoms with van der Waals surface area (Å²) in [6.45, 7) is 0.962. The van der Waals surface area contributed by atoms with Crippen molar-refractivity contribution in [2.45, 2.75) is 25.4 Å². The summed E-state index contributed by atoms with van der Waals surface area (Å²) in [7, 11) is 0. The third kappa shape index (κ3) is 2.88. The number of aromatic nitrogens is 2. The van der Waals surface area contributed by atoms with Crippen LogP contribution in [-0.2, 0) is 11.3 Å². The zero-order chi connectivity index (χ0) is 14.8. The predicted molar refractivity (Wildman–Crippen MR) is 81.8 cm³/mol. The Labute approximate surface area is 128 Å². The van der Waals surface area contributed by atoms with E-state index in [1.165, 1.54) is 0 Å². The normalized spacial score (nSPS) is 18.1. The van der Waals surface area contributed by atoms with Gasteiger partial charge in [-0.25, -0.2) is 0 Å². The molecule has 110 valence electrons. The summed E-state index contributed by atoms with van der Waals surface area (Å²) in [6, 6.07) is 9.45. The number of halogens is 1. The van der Waals surface area contributed by atoms with Crippen LogP contribution in [-0.4, -0.2) is 27.1 Å². The van der Waals surface area contributed by atoms with Crippen LogP contribution in [0.5, 0.6) is 0 Å². The van der Waals surface area contributed by atoms with Crippen LogP contribution >= 0.6 is 11.6 Å². The van der Waals surface area contributed by atoms with Crippen molar-refractivity contribution in [3.63, 3.8) is 0 Å². The molecule has 21 heavy (non-hydrogen) atoms. The molecule has 1 fully saturated rings. The van der Waals surface area contributed by atoms with Gasteiger partial charge < -0.3 is 10.6 Å². The van der Waals surface area contributed by atoms with Crippen molar-refractivity contribution in [1.29, 1.82) is 0 Å². The molecule has 6 heteroatoms. The van der Waals surface area contributed by atoms with Crippen LogP contribution in [0.25, 0.3) is 0 Å². The van der Waals surface area contributed by atoms with Gasteiger partial charge in [0.25, 0.3) is 0 Å². The third-order valence-electron chi connectivity index (χ3n) is 3.80. The molecule has 1 amide bonds. The molecule has 1 aromatic heterocycles. The van der Waals surface area contributed by atoms with E-state index in [4.69, 9.17) is 17.3 Å². The zero-order valence-electron chi connectivity index (χ0n) is 11.6. The number of nitrogens with zero attached hydrogens (tertiary/aromatic N) is 3. The van der Waals surface area contributed by atoms with Gasteiger partial charge in [0.15, 0.2) is 0 Å². The maximum Gasteiger partial charge on any atom is 0.244 e. The van der Waals surface area contributed by atoms with E-state index in [0.29, 0.717) is 10.8 Å². The molecule has 2 N–H and O–H groups in total. The highest BCUT2D eigenvalue weighted by Crippen LogP contribution is 2.35. The van der Waals surface area contributed by atoms with Crippen LogP contribution in [0.4, 0.5) is 5.82 Å². The first-order chi connectivity index (χ1) is 10.1. The van der Waals surface area contributed by atoms with Crippen molar-refractivity contribution >= 4 is 23.3 Å². The summed E-state index contributed by atoms with van der Waals surface area (Å²) in [5.74, 6) is 0.465. The standard InChI is InChI=1S/C15H17ClN4O/c16-12-5-2-1-4-11(12)13-6-3-8-20(13)15(21)10-19-9-7-14(17)18-19/h1-2,4-5,7,9,13H,3,6,8,10H2,(H2,17,18). The van der Waals surface area contributed by atoms with Gasteiger partial charge in [-0.3, -0.25) is 9.48 Å². The Hall–Kier alpha value is -2.01. The van der Waals surface area contributed by atoms with Crippen molar-refractivity contribution in [3.05, 3.63) is 47.1 Å². The van der Waals surface area contributed by atoms with Gasteiger partial charge in [0.2, 0.25) is 5.91 Å². The van der Waals surface area contributed by atoms with Crippen LogP contribution in [0.3, 0.4) is 0 Å². The average Bonchev–Trinajstić information content (AvgIpc) is 3.08. The van der Waals surface area contributed by atoms with E-state index in [9.17, 15) is 4.79 Å². The van der Waals surface area contributed by atoms with Gasteiger partial charge in [-0.1, -0.05) is 29.8 Å². The Balaban J connectivity index is 1.77. The minimum atomic E-state index is 0.0421. The van der Waals surface area contributed by atoms with Crippen LogP contribution < -0.4 is 5.73 Å². The first-order valence-electron chi connectivity index (χ1n) is 6.98. The third-order valence-corrected chi connectivity index (χ3v) is 4.14. The lowest BCUT2D eigenvalue weighted by Crippen LogP contribution is -2.33.